The number of hydrogen-bond donors (Lipinski definition) is 0. The normalized spacial score (nSPS) is 14.6. The highest BCUT2D eigenvalue weighted by molar-refractivity contribution is 6.07. The fourth-order valence-electron chi connectivity index (χ4n) is 9.22. The van der Waals surface area contributed by atoms with Crippen LogP contribution in [0.5, 0.6) is 0 Å². The molecule has 0 radical (unpaired) electrons. The van der Waals surface area contributed by atoms with E-state index in [4.69, 9.17) is 0 Å². The van der Waals surface area contributed by atoms with Crippen LogP contribution in [-0.4, -0.2) is 0 Å². The lowest BCUT2D eigenvalue weighted by Crippen LogP contribution is -2.16. The van der Waals surface area contributed by atoms with Gasteiger partial charge in [-0.3, -0.25) is 0 Å². The van der Waals surface area contributed by atoms with Gasteiger partial charge in [-0.05, 0) is 108 Å². The number of fused-ring (bicyclic) bond motifs is 8. The monoisotopic (exact) mass is 653 g/mol. The third kappa shape index (κ3) is 4.34. The van der Waals surface area contributed by atoms with Crippen molar-refractivity contribution in [2.24, 2.45) is 0 Å². The molecule has 0 aromatic heterocycles. The van der Waals surface area contributed by atoms with Crippen molar-refractivity contribution in [2.45, 2.75) is 38.5 Å². The largest absolute Gasteiger partial charge is 0.310 e. The number of rotatable bonds is 4. The van der Waals surface area contributed by atoms with Gasteiger partial charge in [-0.2, -0.15) is 0 Å². The predicted octanol–water partition coefficient (Wildman–Crippen LogP) is 13.7. The van der Waals surface area contributed by atoms with E-state index in [1.54, 1.807) is 0 Å². The van der Waals surface area contributed by atoms with E-state index in [1.165, 1.54) is 82.9 Å². The quantitative estimate of drug-likeness (QED) is 0.183. The third-order valence-corrected chi connectivity index (χ3v) is 11.8. The SMILES string of the molecule is CC1(C)c2ccccc2-c2cc(N(c3ccc4c(c3)-c3ccccc3C4(C)C)c3ccc4ccccc4c3-c3ccc4ccccc4c3)ccc21. The summed E-state index contributed by atoms with van der Waals surface area (Å²) < 4.78 is 0. The highest BCUT2D eigenvalue weighted by Gasteiger charge is 2.37. The molecule has 0 fully saturated rings. The number of hydrogen-bond acceptors (Lipinski definition) is 1. The van der Waals surface area contributed by atoms with E-state index >= 15 is 0 Å². The van der Waals surface area contributed by atoms with Crippen molar-refractivity contribution in [3.05, 3.63) is 186 Å². The average Bonchev–Trinajstić information content (AvgIpc) is 3.53. The molecule has 8 aromatic carbocycles. The second-order valence-corrected chi connectivity index (χ2v) is 15.4. The standard InChI is InChI=1S/C50H39N/c1-49(2)43-19-11-9-17-39(43)41-30-36(24-26-45(41)49)51(37-25-27-46-42(31-37)40-18-10-12-20-44(40)50(46,3)4)47-28-23-33-14-7-8-16-38(33)48(47)35-22-21-32-13-5-6-15-34(32)29-35/h5-31H,1-4H3. The van der Waals surface area contributed by atoms with Crippen LogP contribution in [0, 0.1) is 0 Å². The molecule has 0 saturated heterocycles. The first-order chi connectivity index (χ1) is 24.8. The first kappa shape index (κ1) is 29.9. The lowest BCUT2D eigenvalue weighted by molar-refractivity contribution is 0.660. The van der Waals surface area contributed by atoms with E-state index < -0.39 is 0 Å². The van der Waals surface area contributed by atoms with Crippen molar-refractivity contribution < 1.29 is 0 Å². The van der Waals surface area contributed by atoms with E-state index in [9.17, 15) is 0 Å². The summed E-state index contributed by atoms with van der Waals surface area (Å²) in [7, 11) is 0. The summed E-state index contributed by atoms with van der Waals surface area (Å²) in [4.78, 5) is 2.51. The maximum Gasteiger partial charge on any atom is 0.0546 e. The molecule has 0 atom stereocenters. The minimum atomic E-state index is -0.0582. The molecule has 1 heteroatoms. The van der Waals surface area contributed by atoms with E-state index in [0.717, 1.165) is 11.4 Å². The van der Waals surface area contributed by atoms with E-state index in [2.05, 4.69) is 196 Å². The summed E-state index contributed by atoms with van der Waals surface area (Å²) in [6.45, 7) is 9.43. The molecule has 10 rings (SSSR count). The number of anilines is 3. The van der Waals surface area contributed by atoms with Crippen LogP contribution in [0.2, 0.25) is 0 Å². The van der Waals surface area contributed by atoms with Gasteiger partial charge in [0.05, 0.1) is 5.69 Å². The van der Waals surface area contributed by atoms with Crippen LogP contribution in [0.4, 0.5) is 17.1 Å². The van der Waals surface area contributed by atoms with Crippen LogP contribution in [0.15, 0.2) is 164 Å². The molecular weight excluding hydrogens is 615 g/mol. The molecule has 0 aliphatic heterocycles. The van der Waals surface area contributed by atoms with Crippen LogP contribution in [0.3, 0.4) is 0 Å². The van der Waals surface area contributed by atoms with E-state index in [1.807, 2.05) is 0 Å². The zero-order valence-corrected chi connectivity index (χ0v) is 29.5. The fraction of sp³-hybridized carbons (Fsp3) is 0.120. The molecule has 0 N–H and O–H groups in total. The summed E-state index contributed by atoms with van der Waals surface area (Å²) in [5, 5.41) is 4.97. The second-order valence-electron chi connectivity index (χ2n) is 15.4. The van der Waals surface area contributed by atoms with Gasteiger partial charge in [-0.15, -0.1) is 0 Å². The Kier molecular flexibility index (Phi) is 6.34. The van der Waals surface area contributed by atoms with Gasteiger partial charge < -0.3 is 4.90 Å². The Morgan fingerprint density at radius 2 is 0.863 bits per heavy atom. The molecule has 0 spiro atoms. The van der Waals surface area contributed by atoms with Gasteiger partial charge in [0.2, 0.25) is 0 Å². The molecule has 2 aliphatic carbocycles. The van der Waals surface area contributed by atoms with Gasteiger partial charge in [0.25, 0.3) is 0 Å². The Balaban J connectivity index is 1.27. The van der Waals surface area contributed by atoms with Crippen molar-refractivity contribution >= 4 is 38.6 Å². The summed E-state index contributed by atoms with van der Waals surface area (Å²) >= 11 is 0. The molecule has 244 valence electrons. The van der Waals surface area contributed by atoms with Crippen molar-refractivity contribution in [3.8, 4) is 33.4 Å². The molecule has 8 aromatic rings. The average molecular weight is 654 g/mol. The van der Waals surface area contributed by atoms with Gasteiger partial charge in [0, 0.05) is 27.8 Å². The van der Waals surface area contributed by atoms with Crippen molar-refractivity contribution in [2.75, 3.05) is 4.90 Å². The van der Waals surface area contributed by atoms with Crippen LogP contribution >= 0.6 is 0 Å². The highest BCUT2D eigenvalue weighted by Crippen LogP contribution is 2.54. The minimum absolute atomic E-state index is 0.0582. The fourth-order valence-corrected chi connectivity index (χ4v) is 9.22. The first-order valence-electron chi connectivity index (χ1n) is 18.1. The van der Waals surface area contributed by atoms with E-state index in [-0.39, 0.29) is 10.8 Å². The number of benzene rings is 8. The smallest absolute Gasteiger partial charge is 0.0546 e. The summed E-state index contributed by atoms with van der Waals surface area (Å²) in [5.74, 6) is 0. The molecule has 51 heavy (non-hydrogen) atoms. The Hall–Kier alpha value is -5.92. The second kappa shape index (κ2) is 10.8. The maximum absolute atomic E-state index is 2.51. The highest BCUT2D eigenvalue weighted by atomic mass is 15.1. The zero-order valence-electron chi connectivity index (χ0n) is 29.5. The predicted molar refractivity (Wildman–Crippen MR) is 217 cm³/mol. The molecule has 1 nitrogen and oxygen atoms in total. The van der Waals surface area contributed by atoms with Gasteiger partial charge in [-0.25, -0.2) is 0 Å². The minimum Gasteiger partial charge on any atom is -0.310 e. The summed E-state index contributed by atoms with van der Waals surface area (Å²) in [6, 6.07) is 61.3. The Bertz CT molecular complexity index is 2600. The Morgan fingerprint density at radius 1 is 0.373 bits per heavy atom. The van der Waals surface area contributed by atoms with Crippen molar-refractivity contribution in [1.82, 2.24) is 0 Å². The number of nitrogens with zero attached hydrogens (tertiary/aromatic N) is 1. The van der Waals surface area contributed by atoms with E-state index in [0.29, 0.717) is 0 Å². The van der Waals surface area contributed by atoms with Gasteiger partial charge in [-0.1, -0.05) is 155 Å². The molecule has 0 unspecified atom stereocenters. The van der Waals surface area contributed by atoms with Gasteiger partial charge in [0.15, 0.2) is 0 Å². The van der Waals surface area contributed by atoms with Crippen LogP contribution in [0.1, 0.15) is 49.9 Å². The molecule has 2 aliphatic rings. The summed E-state index contributed by atoms with van der Waals surface area (Å²) in [6.07, 6.45) is 0. The van der Waals surface area contributed by atoms with Crippen molar-refractivity contribution in [1.29, 1.82) is 0 Å². The van der Waals surface area contributed by atoms with Crippen molar-refractivity contribution in [3.63, 3.8) is 0 Å². The topological polar surface area (TPSA) is 3.24 Å². The molecule has 0 bridgehead atoms. The maximum atomic E-state index is 2.51. The molecule has 0 amide bonds. The Morgan fingerprint density at radius 3 is 1.49 bits per heavy atom. The van der Waals surface area contributed by atoms with Crippen LogP contribution in [-0.2, 0) is 10.8 Å². The summed E-state index contributed by atoms with van der Waals surface area (Å²) in [5.41, 5.74) is 16.7. The molecule has 0 saturated carbocycles. The lowest BCUT2D eigenvalue weighted by atomic mass is 9.82. The first-order valence-corrected chi connectivity index (χ1v) is 18.1. The van der Waals surface area contributed by atoms with Gasteiger partial charge >= 0.3 is 0 Å². The lowest BCUT2D eigenvalue weighted by Gasteiger charge is -2.30. The Labute approximate surface area is 300 Å². The van der Waals surface area contributed by atoms with Crippen LogP contribution in [0.25, 0.3) is 54.9 Å². The molecule has 0 heterocycles. The third-order valence-electron chi connectivity index (χ3n) is 11.8. The molecular formula is C50H39N. The zero-order chi connectivity index (χ0) is 34.5. The van der Waals surface area contributed by atoms with Gasteiger partial charge in [0.1, 0.15) is 0 Å². The van der Waals surface area contributed by atoms with Crippen LogP contribution < -0.4 is 4.90 Å².